The van der Waals surface area contributed by atoms with Gasteiger partial charge in [-0.1, -0.05) is 30.2 Å². The second kappa shape index (κ2) is 10.1. The summed E-state index contributed by atoms with van der Waals surface area (Å²) >= 11 is 3.22. The summed E-state index contributed by atoms with van der Waals surface area (Å²) in [6.45, 7) is 2.00. The number of rotatable bonds is 7. The molecule has 1 aromatic carbocycles. The Hall–Kier alpha value is -3.33. The number of hydrogen-bond acceptors (Lipinski definition) is 6. The zero-order valence-electron chi connectivity index (χ0n) is 20.9. The van der Waals surface area contributed by atoms with Crippen molar-refractivity contribution in [3.05, 3.63) is 62.7 Å². The molecule has 1 heterocycles. The molecule has 4 aliphatic rings. The number of carboxylic acids is 1. The topological polar surface area (TPSA) is 129 Å². The van der Waals surface area contributed by atoms with Crippen LogP contribution in [0.15, 0.2) is 51.6 Å². The van der Waals surface area contributed by atoms with Crippen molar-refractivity contribution >= 4 is 45.3 Å². The molecule has 1 saturated heterocycles. The third kappa shape index (κ3) is 4.36. The minimum Gasteiger partial charge on any atom is -0.508 e. The van der Waals surface area contributed by atoms with Crippen molar-refractivity contribution in [2.24, 2.45) is 17.8 Å². The molecular weight excluding hydrogens is 554 g/mol. The van der Waals surface area contributed by atoms with Crippen LogP contribution in [-0.2, 0) is 24.0 Å². The maximum atomic E-state index is 13.7. The van der Waals surface area contributed by atoms with Gasteiger partial charge in [-0.05, 0) is 71.6 Å². The number of amides is 2. The second-order valence-corrected chi connectivity index (χ2v) is 11.3. The molecule has 1 fully saturated rings. The Morgan fingerprint density at radius 2 is 1.84 bits per heavy atom. The number of fused-ring (bicyclic) bond motifs is 3. The normalized spacial score (nSPS) is 26.6. The van der Waals surface area contributed by atoms with E-state index < -0.39 is 29.6 Å². The Bertz CT molecular complexity index is 1370. The van der Waals surface area contributed by atoms with Crippen LogP contribution in [0, 0.1) is 24.7 Å². The maximum Gasteiger partial charge on any atom is 0.303 e. The van der Waals surface area contributed by atoms with E-state index in [1.54, 1.807) is 25.1 Å². The summed E-state index contributed by atoms with van der Waals surface area (Å²) in [6.07, 6.45) is 5.50. The van der Waals surface area contributed by atoms with Gasteiger partial charge < -0.3 is 10.2 Å². The summed E-state index contributed by atoms with van der Waals surface area (Å²) in [6, 6.07) is 5.11. The summed E-state index contributed by atoms with van der Waals surface area (Å²) in [5, 5.41) is 18.9. The van der Waals surface area contributed by atoms with Crippen LogP contribution in [0.5, 0.6) is 5.75 Å². The van der Waals surface area contributed by atoms with E-state index in [2.05, 4.69) is 15.9 Å². The molecule has 4 unspecified atom stereocenters. The fourth-order valence-corrected chi connectivity index (χ4v) is 6.90. The number of halogens is 1. The Kier molecular flexibility index (Phi) is 6.98. The van der Waals surface area contributed by atoms with Gasteiger partial charge in [-0.25, -0.2) is 0 Å². The number of benzene rings is 1. The highest BCUT2D eigenvalue weighted by molar-refractivity contribution is 9.12. The molecule has 0 bridgehead atoms. The number of aromatic hydroxyl groups is 1. The average molecular weight is 582 g/mol. The largest absolute Gasteiger partial charge is 0.508 e. The van der Waals surface area contributed by atoms with Crippen LogP contribution >= 0.6 is 15.9 Å². The standard InChI is InChI=1S/C29H28BrNO7/c1-14-11-15(6-9-21(14)32)24-16-7-8-17-25(18(16)12-19-26(24)22(33)13-20(30)27(19)36)29(38)31(28(17)37)10-4-2-3-5-23(34)35/h6-7,9,11,13,17-18,24-25,32H,2-5,8,10,12H2,1H3,(H,34,35). The summed E-state index contributed by atoms with van der Waals surface area (Å²) in [7, 11) is 0. The van der Waals surface area contributed by atoms with E-state index >= 15 is 0 Å². The van der Waals surface area contributed by atoms with Gasteiger partial charge in [0.2, 0.25) is 11.8 Å². The lowest BCUT2D eigenvalue weighted by molar-refractivity contribution is -0.141. The number of ketones is 2. The summed E-state index contributed by atoms with van der Waals surface area (Å²) in [4.78, 5) is 65.5. The average Bonchev–Trinajstić information content (AvgIpc) is 3.12. The van der Waals surface area contributed by atoms with Gasteiger partial charge in [-0.2, -0.15) is 0 Å². The van der Waals surface area contributed by atoms with Crippen LogP contribution in [0.1, 0.15) is 55.6 Å². The number of phenols is 1. The van der Waals surface area contributed by atoms with Gasteiger partial charge in [0.15, 0.2) is 11.6 Å². The second-order valence-electron chi connectivity index (χ2n) is 10.5. The van der Waals surface area contributed by atoms with E-state index in [0.717, 1.165) is 11.1 Å². The van der Waals surface area contributed by atoms with E-state index in [-0.39, 0.29) is 53.0 Å². The number of aliphatic carboxylic acids is 1. The van der Waals surface area contributed by atoms with Gasteiger partial charge in [0.1, 0.15) is 5.75 Å². The molecule has 2 N–H and O–H groups in total. The van der Waals surface area contributed by atoms with Crippen molar-refractivity contribution < 1.29 is 34.2 Å². The quantitative estimate of drug-likeness (QED) is 0.214. The first kappa shape index (κ1) is 26.3. The molecule has 2 amide bonds. The first-order chi connectivity index (χ1) is 18.1. The Balaban J connectivity index is 1.50. The molecule has 9 heteroatoms. The number of carbonyl (C=O) groups excluding carboxylic acids is 4. The van der Waals surface area contributed by atoms with Gasteiger partial charge in [-0.15, -0.1) is 0 Å². The number of nitrogens with zero attached hydrogens (tertiary/aromatic N) is 1. The molecule has 4 atom stereocenters. The predicted octanol–water partition coefficient (Wildman–Crippen LogP) is 4.11. The van der Waals surface area contributed by atoms with Crippen LogP contribution in [-0.4, -0.2) is 51.0 Å². The number of allylic oxidation sites excluding steroid dienone is 6. The van der Waals surface area contributed by atoms with Crippen molar-refractivity contribution in [2.75, 3.05) is 6.54 Å². The molecule has 3 aliphatic carbocycles. The molecule has 1 aliphatic heterocycles. The Morgan fingerprint density at radius 1 is 1.08 bits per heavy atom. The van der Waals surface area contributed by atoms with E-state index in [1.807, 2.05) is 6.08 Å². The monoisotopic (exact) mass is 581 g/mol. The Morgan fingerprint density at radius 3 is 2.55 bits per heavy atom. The van der Waals surface area contributed by atoms with E-state index in [1.165, 1.54) is 11.0 Å². The van der Waals surface area contributed by atoms with Crippen molar-refractivity contribution in [3.63, 3.8) is 0 Å². The third-order valence-corrected chi connectivity index (χ3v) is 8.84. The minimum atomic E-state index is -0.871. The highest BCUT2D eigenvalue weighted by atomic mass is 79.9. The van der Waals surface area contributed by atoms with E-state index in [9.17, 15) is 29.1 Å². The lowest BCUT2D eigenvalue weighted by Gasteiger charge is -2.42. The number of Topliss-reactive ketones (excluding diaryl/α,β-unsaturated/α-hetero) is 1. The molecule has 5 rings (SSSR count). The molecule has 0 aromatic heterocycles. The van der Waals surface area contributed by atoms with Crippen LogP contribution in [0.25, 0.3) is 0 Å². The van der Waals surface area contributed by atoms with E-state index in [4.69, 9.17) is 5.11 Å². The van der Waals surface area contributed by atoms with Crippen LogP contribution in [0.2, 0.25) is 0 Å². The molecule has 1 aromatic rings. The van der Waals surface area contributed by atoms with Gasteiger partial charge >= 0.3 is 5.97 Å². The van der Waals surface area contributed by atoms with Crippen LogP contribution in [0.4, 0.5) is 0 Å². The van der Waals surface area contributed by atoms with Gasteiger partial charge in [0.05, 0.1) is 16.3 Å². The van der Waals surface area contributed by atoms with Gasteiger partial charge in [0, 0.05) is 36.1 Å². The lowest BCUT2D eigenvalue weighted by Crippen LogP contribution is -2.39. The number of likely N-dealkylation sites (tertiary alicyclic amines) is 1. The molecule has 0 radical (unpaired) electrons. The van der Waals surface area contributed by atoms with Crippen molar-refractivity contribution in [1.82, 2.24) is 4.90 Å². The highest BCUT2D eigenvalue weighted by Gasteiger charge is 2.56. The van der Waals surface area contributed by atoms with Crippen molar-refractivity contribution in [1.29, 1.82) is 0 Å². The number of carbonyl (C=O) groups is 5. The molecule has 198 valence electrons. The number of unbranched alkanes of at least 4 members (excludes halogenated alkanes) is 2. The van der Waals surface area contributed by atoms with Crippen LogP contribution in [0.3, 0.4) is 0 Å². The highest BCUT2D eigenvalue weighted by Crippen LogP contribution is 2.55. The lowest BCUT2D eigenvalue weighted by atomic mass is 9.59. The summed E-state index contributed by atoms with van der Waals surface area (Å²) in [5.41, 5.74) is 3.02. The number of imide groups is 1. The number of hydrogen-bond donors (Lipinski definition) is 2. The molecule has 0 saturated carbocycles. The smallest absolute Gasteiger partial charge is 0.303 e. The zero-order valence-corrected chi connectivity index (χ0v) is 22.5. The van der Waals surface area contributed by atoms with E-state index in [0.29, 0.717) is 42.4 Å². The molecule has 0 spiro atoms. The van der Waals surface area contributed by atoms with Crippen LogP contribution < -0.4 is 0 Å². The summed E-state index contributed by atoms with van der Waals surface area (Å²) < 4.78 is 0.179. The van der Waals surface area contributed by atoms with Crippen molar-refractivity contribution in [2.45, 2.75) is 51.4 Å². The molecule has 38 heavy (non-hydrogen) atoms. The fraction of sp³-hybridized carbons (Fsp3) is 0.414. The van der Waals surface area contributed by atoms with Gasteiger partial charge in [-0.3, -0.25) is 28.9 Å². The number of carboxylic acid groups (broad SMARTS) is 1. The minimum absolute atomic E-state index is 0.0504. The fourth-order valence-electron chi connectivity index (χ4n) is 6.45. The maximum absolute atomic E-state index is 13.7. The molecule has 8 nitrogen and oxygen atoms in total. The van der Waals surface area contributed by atoms with Gasteiger partial charge in [0.25, 0.3) is 0 Å². The predicted molar refractivity (Wildman–Crippen MR) is 140 cm³/mol. The van der Waals surface area contributed by atoms with Crippen molar-refractivity contribution in [3.8, 4) is 5.75 Å². The first-order valence-electron chi connectivity index (χ1n) is 12.9. The SMILES string of the molecule is Cc1cc(C2C3=CCC4C(=O)N(CCCCCC(=O)O)C(=O)C4C3CC3=C2C(=O)C=C(Br)C3=O)ccc1O. The molecular formula is C29H28BrNO7. The number of aryl methyl sites for hydroxylation is 1. The third-order valence-electron chi connectivity index (χ3n) is 8.25. The summed E-state index contributed by atoms with van der Waals surface area (Å²) in [5.74, 6) is -3.88. The first-order valence-corrected chi connectivity index (χ1v) is 13.6. The zero-order chi connectivity index (χ0) is 27.3. The number of phenolic OH excluding ortho intramolecular Hbond substituents is 1. The Labute approximate surface area is 228 Å².